The first-order chi connectivity index (χ1) is 13.5. The van der Waals surface area contributed by atoms with Crippen molar-refractivity contribution < 1.29 is 4.79 Å². The van der Waals surface area contributed by atoms with Crippen molar-refractivity contribution in [1.82, 2.24) is 9.47 Å². The van der Waals surface area contributed by atoms with Crippen molar-refractivity contribution in [1.29, 1.82) is 0 Å². The molecule has 0 aliphatic carbocycles. The average Bonchev–Trinajstić information content (AvgIpc) is 3.19. The van der Waals surface area contributed by atoms with Gasteiger partial charge in [0.15, 0.2) is 0 Å². The van der Waals surface area contributed by atoms with Gasteiger partial charge in [0.2, 0.25) is 0 Å². The van der Waals surface area contributed by atoms with Gasteiger partial charge in [0, 0.05) is 20.1 Å². The smallest absolute Gasteiger partial charge is 0.270 e. The number of fused-ring (bicyclic) bond motifs is 1. The minimum atomic E-state index is 0.0380. The normalized spacial score (nSPS) is 11.1. The summed E-state index contributed by atoms with van der Waals surface area (Å²) in [5, 5.41) is 0. The quantitative estimate of drug-likeness (QED) is 0.359. The van der Waals surface area contributed by atoms with Crippen molar-refractivity contribution in [3.63, 3.8) is 0 Å². The number of hydrogen-bond donors (Lipinski definition) is 0. The molecule has 0 radical (unpaired) electrons. The fourth-order valence-corrected chi connectivity index (χ4v) is 5.04. The third-order valence-electron chi connectivity index (χ3n) is 4.81. The van der Waals surface area contributed by atoms with Crippen LogP contribution in [0, 0.1) is 6.92 Å². The van der Waals surface area contributed by atoms with E-state index in [9.17, 15) is 4.79 Å². The fourth-order valence-electron chi connectivity index (χ4n) is 3.48. The van der Waals surface area contributed by atoms with Crippen LogP contribution in [-0.2, 0) is 13.1 Å². The zero-order valence-corrected chi connectivity index (χ0v) is 18.3. The van der Waals surface area contributed by atoms with Gasteiger partial charge in [-0.05, 0) is 46.1 Å². The number of halogens is 1. The van der Waals surface area contributed by atoms with Crippen molar-refractivity contribution in [2.75, 3.05) is 7.05 Å². The van der Waals surface area contributed by atoms with Crippen LogP contribution >= 0.6 is 27.3 Å². The summed E-state index contributed by atoms with van der Waals surface area (Å²) in [6.45, 7) is 3.36. The van der Waals surface area contributed by atoms with Crippen LogP contribution in [0.2, 0.25) is 0 Å². The zero-order valence-electron chi connectivity index (χ0n) is 15.9. The summed E-state index contributed by atoms with van der Waals surface area (Å²) in [7, 11) is 1.86. The molecule has 1 amide bonds. The van der Waals surface area contributed by atoms with Gasteiger partial charge in [-0.25, -0.2) is 0 Å². The van der Waals surface area contributed by atoms with Crippen LogP contribution in [-0.4, -0.2) is 22.4 Å². The van der Waals surface area contributed by atoms with Gasteiger partial charge in [0.05, 0.1) is 14.0 Å². The second-order valence-electron chi connectivity index (χ2n) is 7.05. The molecule has 0 fully saturated rings. The van der Waals surface area contributed by atoms with Crippen molar-refractivity contribution >= 4 is 43.4 Å². The Balaban J connectivity index is 1.69. The summed E-state index contributed by atoms with van der Waals surface area (Å²) in [4.78, 5) is 15.1. The van der Waals surface area contributed by atoms with E-state index < -0.39 is 0 Å². The first-order valence-electron chi connectivity index (χ1n) is 9.15. The molecule has 5 heteroatoms. The van der Waals surface area contributed by atoms with Crippen molar-refractivity contribution in [2.24, 2.45) is 0 Å². The lowest BCUT2D eigenvalue weighted by Gasteiger charge is -2.19. The van der Waals surface area contributed by atoms with Crippen LogP contribution in [0.5, 0.6) is 0 Å². The van der Waals surface area contributed by atoms with Gasteiger partial charge in [0.25, 0.3) is 5.91 Å². The van der Waals surface area contributed by atoms with Gasteiger partial charge < -0.3 is 9.47 Å². The lowest BCUT2D eigenvalue weighted by Crippen LogP contribution is -2.28. The minimum absolute atomic E-state index is 0.0380. The second-order valence-corrected chi connectivity index (χ2v) is 9.51. The maximum Gasteiger partial charge on any atom is 0.270 e. The number of benzene rings is 2. The van der Waals surface area contributed by atoms with Crippen LogP contribution < -0.4 is 0 Å². The molecule has 2 aromatic carbocycles. The van der Waals surface area contributed by atoms with Gasteiger partial charge in [-0.2, -0.15) is 0 Å². The lowest BCUT2D eigenvalue weighted by atomic mass is 10.1. The molecule has 0 spiro atoms. The Morgan fingerprint density at radius 2 is 1.79 bits per heavy atom. The molecule has 0 saturated heterocycles. The third-order valence-corrected chi connectivity index (χ3v) is 6.39. The number of thiophene rings is 1. The molecule has 0 bridgehead atoms. The highest BCUT2D eigenvalue weighted by Crippen LogP contribution is 2.33. The molecule has 3 nitrogen and oxygen atoms in total. The largest absolute Gasteiger partial charge is 0.336 e. The third kappa shape index (κ3) is 3.91. The molecule has 4 aromatic rings. The van der Waals surface area contributed by atoms with Crippen LogP contribution in [0.15, 0.2) is 70.5 Å². The standard InChI is InChI=1S/C23H21BrN2OS/c1-16-7-6-10-18(11-16)15-26-19-13-22(24)28-21(19)12-20(26)23(27)25(2)14-17-8-4-3-5-9-17/h3-13H,14-15H2,1-2H3. The van der Waals surface area contributed by atoms with Gasteiger partial charge in [-0.3, -0.25) is 4.79 Å². The molecule has 28 heavy (non-hydrogen) atoms. The number of nitrogens with zero attached hydrogens (tertiary/aromatic N) is 2. The van der Waals surface area contributed by atoms with Crippen LogP contribution in [0.1, 0.15) is 27.2 Å². The van der Waals surface area contributed by atoms with E-state index in [1.165, 1.54) is 11.1 Å². The Kier molecular flexibility index (Phi) is 5.38. The highest BCUT2D eigenvalue weighted by Gasteiger charge is 2.21. The SMILES string of the molecule is Cc1cccc(Cn2c(C(=O)N(C)Cc3ccccc3)cc3sc(Br)cc32)c1. The Morgan fingerprint density at radius 3 is 2.54 bits per heavy atom. The lowest BCUT2D eigenvalue weighted by molar-refractivity contribution is 0.0775. The van der Waals surface area contributed by atoms with E-state index in [4.69, 9.17) is 0 Å². The minimum Gasteiger partial charge on any atom is -0.336 e. The highest BCUT2D eigenvalue weighted by atomic mass is 79.9. The Bertz CT molecular complexity index is 1130. The number of aromatic nitrogens is 1. The van der Waals surface area contributed by atoms with E-state index in [1.807, 2.05) is 43.4 Å². The maximum atomic E-state index is 13.3. The van der Waals surface area contributed by atoms with E-state index >= 15 is 0 Å². The summed E-state index contributed by atoms with van der Waals surface area (Å²) in [5.41, 5.74) is 5.37. The van der Waals surface area contributed by atoms with Crippen molar-refractivity contribution in [3.05, 3.63) is 92.9 Å². The van der Waals surface area contributed by atoms with E-state index in [2.05, 4.69) is 57.8 Å². The summed E-state index contributed by atoms with van der Waals surface area (Å²) in [6, 6.07) is 22.7. The Labute approximate surface area is 177 Å². The molecule has 0 N–H and O–H groups in total. The second kappa shape index (κ2) is 7.94. The topological polar surface area (TPSA) is 25.2 Å². The van der Waals surface area contributed by atoms with Gasteiger partial charge >= 0.3 is 0 Å². The van der Waals surface area contributed by atoms with Crippen LogP contribution in [0.25, 0.3) is 10.2 Å². The molecule has 2 heterocycles. The maximum absolute atomic E-state index is 13.3. The predicted molar refractivity (Wildman–Crippen MR) is 120 cm³/mol. The Hall–Kier alpha value is -2.37. The summed E-state index contributed by atoms with van der Waals surface area (Å²) in [6.07, 6.45) is 0. The van der Waals surface area contributed by atoms with Gasteiger partial charge in [-0.15, -0.1) is 11.3 Å². The van der Waals surface area contributed by atoms with Crippen LogP contribution in [0.3, 0.4) is 0 Å². The molecule has 0 saturated carbocycles. The molecule has 0 aliphatic rings. The van der Waals surface area contributed by atoms with Gasteiger partial charge in [0.1, 0.15) is 5.69 Å². The monoisotopic (exact) mass is 452 g/mol. The number of amides is 1. The number of carbonyl (C=O) groups is 1. The fraction of sp³-hybridized carbons (Fsp3) is 0.174. The first-order valence-corrected chi connectivity index (χ1v) is 10.8. The molecule has 2 aromatic heterocycles. The molecule has 0 atom stereocenters. The Morgan fingerprint density at radius 1 is 1.04 bits per heavy atom. The first kappa shape index (κ1) is 19.0. The van der Waals surface area contributed by atoms with Crippen molar-refractivity contribution in [3.8, 4) is 0 Å². The van der Waals surface area contributed by atoms with Gasteiger partial charge in [-0.1, -0.05) is 60.2 Å². The summed E-state index contributed by atoms with van der Waals surface area (Å²) < 4.78 is 4.33. The van der Waals surface area contributed by atoms with E-state index in [0.717, 1.165) is 25.3 Å². The summed E-state index contributed by atoms with van der Waals surface area (Å²) >= 11 is 5.24. The number of hydrogen-bond acceptors (Lipinski definition) is 2. The molecule has 4 rings (SSSR count). The van der Waals surface area contributed by atoms with E-state index in [-0.39, 0.29) is 5.91 Å². The zero-order chi connectivity index (χ0) is 19.7. The average molecular weight is 453 g/mol. The predicted octanol–water partition coefficient (Wildman–Crippen LogP) is 6.09. The number of aryl methyl sites for hydroxylation is 1. The molecular weight excluding hydrogens is 432 g/mol. The van der Waals surface area contributed by atoms with E-state index in [1.54, 1.807) is 16.2 Å². The molecule has 0 unspecified atom stereocenters. The molecular formula is C23H21BrN2OS. The highest BCUT2D eigenvalue weighted by molar-refractivity contribution is 9.11. The summed E-state index contributed by atoms with van der Waals surface area (Å²) in [5.74, 6) is 0.0380. The number of carbonyl (C=O) groups excluding carboxylic acids is 1. The molecule has 0 aliphatic heterocycles. The van der Waals surface area contributed by atoms with Crippen LogP contribution in [0.4, 0.5) is 0 Å². The van der Waals surface area contributed by atoms with Crippen molar-refractivity contribution in [2.45, 2.75) is 20.0 Å². The molecule has 142 valence electrons. The van der Waals surface area contributed by atoms with E-state index in [0.29, 0.717) is 13.1 Å². The number of rotatable bonds is 5.